The number of benzene rings is 2. The lowest BCUT2D eigenvalue weighted by atomic mass is 9.97. The Morgan fingerprint density at radius 1 is 1.04 bits per heavy atom. The minimum Gasteiger partial charge on any atom is -0.468 e. The lowest BCUT2D eigenvalue weighted by Gasteiger charge is -2.23. The summed E-state index contributed by atoms with van der Waals surface area (Å²) in [5, 5.41) is 5.04. The summed E-state index contributed by atoms with van der Waals surface area (Å²) < 4.78 is 16.3. The first kappa shape index (κ1) is 17.9. The van der Waals surface area contributed by atoms with Gasteiger partial charge in [-0.15, -0.1) is 0 Å². The molecule has 5 nitrogen and oxygen atoms in total. The van der Waals surface area contributed by atoms with Gasteiger partial charge >= 0.3 is 6.09 Å². The van der Waals surface area contributed by atoms with Crippen LogP contribution in [0, 0.1) is 0 Å². The molecule has 0 aliphatic carbocycles. The van der Waals surface area contributed by atoms with E-state index in [1.807, 2.05) is 63.2 Å². The standard InChI is InChI=1S/C21H23NO4/c1-21(2,3)26-20(23)22-19(17-12-13-18(24-4)25-17)16-11-7-9-14-8-5-6-10-15(14)16/h5-13,19H,1-4H3,(H,22,23). The van der Waals surface area contributed by atoms with Crippen LogP contribution < -0.4 is 10.1 Å². The molecular weight excluding hydrogens is 330 g/mol. The molecule has 26 heavy (non-hydrogen) atoms. The van der Waals surface area contributed by atoms with Gasteiger partial charge in [0, 0.05) is 6.07 Å². The number of carbonyl (C=O) groups is 1. The molecule has 0 spiro atoms. The summed E-state index contributed by atoms with van der Waals surface area (Å²) in [4.78, 5) is 12.4. The van der Waals surface area contributed by atoms with Gasteiger partial charge in [-0.1, -0.05) is 42.5 Å². The normalized spacial score (nSPS) is 12.6. The molecule has 1 amide bonds. The number of carbonyl (C=O) groups excluding carboxylic acids is 1. The van der Waals surface area contributed by atoms with Gasteiger partial charge in [0.15, 0.2) is 0 Å². The molecule has 1 N–H and O–H groups in total. The number of fused-ring (bicyclic) bond motifs is 1. The van der Waals surface area contributed by atoms with E-state index >= 15 is 0 Å². The second kappa shape index (κ2) is 7.12. The van der Waals surface area contributed by atoms with Crippen molar-refractivity contribution in [1.82, 2.24) is 5.32 Å². The Bertz CT molecular complexity index is 902. The van der Waals surface area contributed by atoms with Crippen LogP contribution in [0.2, 0.25) is 0 Å². The van der Waals surface area contributed by atoms with Crippen LogP contribution in [0.3, 0.4) is 0 Å². The third-order valence-electron chi connectivity index (χ3n) is 3.88. The van der Waals surface area contributed by atoms with E-state index in [9.17, 15) is 4.79 Å². The zero-order valence-electron chi connectivity index (χ0n) is 15.4. The van der Waals surface area contributed by atoms with Gasteiger partial charge in [-0.25, -0.2) is 4.79 Å². The van der Waals surface area contributed by atoms with Crippen LogP contribution in [-0.2, 0) is 4.74 Å². The van der Waals surface area contributed by atoms with E-state index in [-0.39, 0.29) is 0 Å². The predicted molar refractivity (Wildman–Crippen MR) is 100 cm³/mol. The van der Waals surface area contributed by atoms with E-state index in [0.717, 1.165) is 16.3 Å². The summed E-state index contributed by atoms with van der Waals surface area (Å²) in [5.41, 5.74) is 0.333. The summed E-state index contributed by atoms with van der Waals surface area (Å²) in [6.07, 6.45) is -0.509. The molecule has 0 radical (unpaired) electrons. The Kier molecular flexibility index (Phi) is 4.89. The second-order valence-corrected chi connectivity index (χ2v) is 7.01. The highest BCUT2D eigenvalue weighted by Crippen LogP contribution is 2.32. The zero-order chi connectivity index (χ0) is 18.7. The van der Waals surface area contributed by atoms with Gasteiger partial charge in [0.2, 0.25) is 0 Å². The minimum absolute atomic E-state index is 0.385. The molecule has 0 aliphatic rings. The molecule has 0 saturated heterocycles. The SMILES string of the molecule is COc1ccc(C(NC(=O)OC(C)(C)C)c2cccc3ccccc23)o1. The van der Waals surface area contributed by atoms with E-state index in [1.54, 1.807) is 12.1 Å². The molecule has 0 bridgehead atoms. The number of methoxy groups -OCH3 is 1. The van der Waals surface area contributed by atoms with Crippen molar-refractivity contribution >= 4 is 16.9 Å². The summed E-state index contributed by atoms with van der Waals surface area (Å²) >= 11 is 0. The first-order valence-corrected chi connectivity index (χ1v) is 8.48. The molecule has 1 aromatic heterocycles. The zero-order valence-corrected chi connectivity index (χ0v) is 15.4. The van der Waals surface area contributed by atoms with Crippen LogP contribution in [0.15, 0.2) is 59.0 Å². The molecule has 136 valence electrons. The summed E-state index contributed by atoms with van der Waals surface area (Å²) in [5.74, 6) is 0.959. The maximum Gasteiger partial charge on any atom is 0.408 e. The molecule has 1 unspecified atom stereocenters. The smallest absolute Gasteiger partial charge is 0.408 e. The van der Waals surface area contributed by atoms with Crippen LogP contribution >= 0.6 is 0 Å². The fourth-order valence-electron chi connectivity index (χ4n) is 2.83. The molecule has 3 aromatic rings. The Hall–Kier alpha value is -2.95. The highest BCUT2D eigenvalue weighted by atomic mass is 16.6. The van der Waals surface area contributed by atoms with Crippen molar-refractivity contribution in [3.63, 3.8) is 0 Å². The van der Waals surface area contributed by atoms with Crippen molar-refractivity contribution in [2.45, 2.75) is 32.4 Å². The van der Waals surface area contributed by atoms with Crippen LogP contribution in [0.1, 0.15) is 38.1 Å². The summed E-state index contributed by atoms with van der Waals surface area (Å²) in [6, 6.07) is 17.0. The van der Waals surface area contributed by atoms with Gasteiger partial charge in [0.25, 0.3) is 5.95 Å². The number of amides is 1. The van der Waals surface area contributed by atoms with Crippen LogP contribution in [0.25, 0.3) is 10.8 Å². The summed E-state index contributed by atoms with van der Waals surface area (Å²) in [6.45, 7) is 5.49. The topological polar surface area (TPSA) is 60.7 Å². The average molecular weight is 353 g/mol. The van der Waals surface area contributed by atoms with Crippen molar-refractivity contribution in [3.8, 4) is 5.95 Å². The van der Waals surface area contributed by atoms with Gasteiger partial charge in [-0.2, -0.15) is 0 Å². The monoisotopic (exact) mass is 353 g/mol. The Balaban J connectivity index is 2.03. The molecule has 1 atom stereocenters. The van der Waals surface area contributed by atoms with E-state index in [4.69, 9.17) is 13.9 Å². The number of furan rings is 1. The van der Waals surface area contributed by atoms with Crippen LogP contribution in [0.5, 0.6) is 5.95 Å². The number of ether oxygens (including phenoxy) is 2. The van der Waals surface area contributed by atoms with E-state index in [0.29, 0.717) is 11.7 Å². The predicted octanol–water partition coefficient (Wildman–Crippen LogP) is 5.06. The maximum atomic E-state index is 12.4. The van der Waals surface area contributed by atoms with Gasteiger partial charge in [-0.3, -0.25) is 0 Å². The average Bonchev–Trinajstić information content (AvgIpc) is 3.07. The Morgan fingerprint density at radius 3 is 2.46 bits per heavy atom. The molecular formula is C21H23NO4. The molecule has 1 heterocycles. The van der Waals surface area contributed by atoms with Crippen molar-refractivity contribution in [1.29, 1.82) is 0 Å². The Morgan fingerprint density at radius 2 is 1.77 bits per heavy atom. The molecule has 2 aromatic carbocycles. The molecule has 0 fully saturated rings. The van der Waals surface area contributed by atoms with Gasteiger partial charge in [-0.05, 0) is 43.2 Å². The van der Waals surface area contributed by atoms with Gasteiger partial charge in [0.1, 0.15) is 17.4 Å². The number of rotatable bonds is 4. The lowest BCUT2D eigenvalue weighted by Crippen LogP contribution is -2.35. The second-order valence-electron chi connectivity index (χ2n) is 7.01. The largest absolute Gasteiger partial charge is 0.468 e. The Labute approximate surface area is 152 Å². The maximum absolute atomic E-state index is 12.4. The van der Waals surface area contributed by atoms with Gasteiger partial charge < -0.3 is 19.2 Å². The highest BCUT2D eigenvalue weighted by Gasteiger charge is 2.25. The fourth-order valence-corrected chi connectivity index (χ4v) is 2.83. The fraction of sp³-hybridized carbons (Fsp3) is 0.286. The molecule has 0 saturated carbocycles. The quantitative estimate of drug-likeness (QED) is 0.712. The molecule has 0 aliphatic heterocycles. The lowest BCUT2D eigenvalue weighted by molar-refractivity contribution is 0.0506. The third-order valence-corrected chi connectivity index (χ3v) is 3.88. The first-order chi connectivity index (χ1) is 12.4. The summed E-state index contributed by atoms with van der Waals surface area (Å²) in [7, 11) is 1.54. The van der Waals surface area contributed by atoms with Crippen molar-refractivity contribution in [2.24, 2.45) is 0 Å². The number of hydrogen-bond donors (Lipinski definition) is 1. The van der Waals surface area contributed by atoms with Crippen LogP contribution in [-0.4, -0.2) is 18.8 Å². The van der Waals surface area contributed by atoms with Gasteiger partial charge in [0.05, 0.1) is 7.11 Å². The number of nitrogens with one attached hydrogen (secondary N) is 1. The van der Waals surface area contributed by atoms with E-state index in [2.05, 4.69) is 5.32 Å². The van der Waals surface area contributed by atoms with Crippen molar-refractivity contribution in [3.05, 3.63) is 65.9 Å². The first-order valence-electron chi connectivity index (χ1n) is 8.48. The molecule has 5 heteroatoms. The van der Waals surface area contributed by atoms with E-state index in [1.165, 1.54) is 7.11 Å². The molecule has 3 rings (SSSR count). The number of alkyl carbamates (subject to hydrolysis) is 1. The number of hydrogen-bond acceptors (Lipinski definition) is 4. The highest BCUT2D eigenvalue weighted by molar-refractivity contribution is 5.87. The minimum atomic E-state index is -0.589. The van der Waals surface area contributed by atoms with Crippen molar-refractivity contribution < 1.29 is 18.7 Å². The van der Waals surface area contributed by atoms with Crippen LogP contribution in [0.4, 0.5) is 4.79 Å². The van der Waals surface area contributed by atoms with E-state index < -0.39 is 17.7 Å². The third kappa shape index (κ3) is 3.99. The van der Waals surface area contributed by atoms with Crippen molar-refractivity contribution in [2.75, 3.05) is 7.11 Å².